The van der Waals surface area contributed by atoms with E-state index in [9.17, 15) is 14.4 Å². The van der Waals surface area contributed by atoms with Crippen molar-refractivity contribution in [3.8, 4) is 5.75 Å². The first kappa shape index (κ1) is 20.6. The minimum absolute atomic E-state index is 0.0888. The molecule has 9 heteroatoms. The minimum atomic E-state index is -1.18. The SMILES string of the molecule is COc1cc(NC(=O)CSc2ccc(NC(C)=O)cc2)c(Cl)cc1C(=O)O. The van der Waals surface area contributed by atoms with Gasteiger partial charge in [-0.05, 0) is 30.3 Å². The number of carboxylic acids is 1. The van der Waals surface area contributed by atoms with Gasteiger partial charge in [-0.1, -0.05) is 11.6 Å². The number of methoxy groups -OCH3 is 1. The van der Waals surface area contributed by atoms with Crippen LogP contribution in [0.5, 0.6) is 5.75 Å². The number of nitrogens with one attached hydrogen (secondary N) is 2. The molecule has 0 aliphatic rings. The summed E-state index contributed by atoms with van der Waals surface area (Å²) in [5, 5.41) is 14.5. The topological polar surface area (TPSA) is 105 Å². The van der Waals surface area contributed by atoms with Gasteiger partial charge in [0.05, 0.1) is 23.6 Å². The predicted octanol–water partition coefficient (Wildman–Crippen LogP) is 3.74. The van der Waals surface area contributed by atoms with E-state index in [0.29, 0.717) is 5.69 Å². The van der Waals surface area contributed by atoms with Gasteiger partial charge in [-0.25, -0.2) is 4.79 Å². The lowest BCUT2D eigenvalue weighted by atomic mass is 10.2. The van der Waals surface area contributed by atoms with Crippen molar-refractivity contribution in [2.45, 2.75) is 11.8 Å². The monoisotopic (exact) mass is 408 g/mol. The summed E-state index contributed by atoms with van der Waals surface area (Å²) in [4.78, 5) is 35.2. The third kappa shape index (κ3) is 5.90. The van der Waals surface area contributed by atoms with Crippen LogP contribution in [0.2, 0.25) is 5.02 Å². The zero-order valence-electron chi connectivity index (χ0n) is 14.5. The number of carbonyl (C=O) groups is 3. The van der Waals surface area contributed by atoms with E-state index in [0.717, 1.165) is 4.90 Å². The zero-order valence-corrected chi connectivity index (χ0v) is 16.1. The van der Waals surface area contributed by atoms with Crippen molar-refractivity contribution in [1.82, 2.24) is 0 Å². The molecule has 27 heavy (non-hydrogen) atoms. The Hall–Kier alpha value is -2.71. The number of carbonyl (C=O) groups excluding carboxylic acids is 2. The van der Waals surface area contributed by atoms with Gasteiger partial charge in [-0.15, -0.1) is 11.8 Å². The average molecular weight is 409 g/mol. The molecule has 0 spiro atoms. The highest BCUT2D eigenvalue weighted by Gasteiger charge is 2.16. The van der Waals surface area contributed by atoms with Gasteiger partial charge in [-0.3, -0.25) is 9.59 Å². The van der Waals surface area contributed by atoms with Crippen LogP contribution in [0.15, 0.2) is 41.3 Å². The van der Waals surface area contributed by atoms with E-state index in [1.165, 1.54) is 37.9 Å². The number of hydrogen-bond acceptors (Lipinski definition) is 5. The first-order chi connectivity index (χ1) is 12.8. The van der Waals surface area contributed by atoms with E-state index >= 15 is 0 Å². The van der Waals surface area contributed by atoms with Crippen LogP contribution in [-0.2, 0) is 9.59 Å². The van der Waals surface area contributed by atoms with Crippen LogP contribution >= 0.6 is 23.4 Å². The van der Waals surface area contributed by atoms with Crippen molar-refractivity contribution in [3.63, 3.8) is 0 Å². The molecule has 0 aliphatic carbocycles. The summed E-state index contributed by atoms with van der Waals surface area (Å²) in [6, 6.07) is 9.67. The summed E-state index contributed by atoms with van der Waals surface area (Å²) in [5.41, 5.74) is 0.855. The summed E-state index contributed by atoms with van der Waals surface area (Å²) in [6.07, 6.45) is 0. The lowest BCUT2D eigenvalue weighted by Crippen LogP contribution is -2.15. The van der Waals surface area contributed by atoms with E-state index in [-0.39, 0.29) is 39.6 Å². The van der Waals surface area contributed by atoms with Crippen molar-refractivity contribution in [2.75, 3.05) is 23.5 Å². The van der Waals surface area contributed by atoms with E-state index in [4.69, 9.17) is 21.4 Å². The number of ether oxygens (including phenoxy) is 1. The molecule has 0 saturated heterocycles. The molecular formula is C18H17ClN2O5S. The van der Waals surface area contributed by atoms with Gasteiger partial charge in [0.25, 0.3) is 0 Å². The van der Waals surface area contributed by atoms with Gasteiger partial charge in [0, 0.05) is 23.6 Å². The molecule has 3 N–H and O–H groups in total. The fourth-order valence-corrected chi connectivity index (χ4v) is 3.07. The Morgan fingerprint density at radius 2 is 1.81 bits per heavy atom. The Bertz CT molecular complexity index is 871. The highest BCUT2D eigenvalue weighted by Crippen LogP contribution is 2.31. The van der Waals surface area contributed by atoms with E-state index in [2.05, 4.69) is 10.6 Å². The normalized spacial score (nSPS) is 10.2. The number of aromatic carboxylic acids is 1. The molecule has 0 radical (unpaired) electrons. The number of carboxylic acid groups (broad SMARTS) is 1. The van der Waals surface area contributed by atoms with Gasteiger partial charge < -0.3 is 20.5 Å². The Morgan fingerprint density at radius 1 is 1.15 bits per heavy atom. The molecule has 0 bridgehead atoms. The second kappa shape index (κ2) is 9.29. The maximum atomic E-state index is 12.2. The number of anilines is 2. The van der Waals surface area contributed by atoms with Gasteiger partial charge in [0.15, 0.2) is 0 Å². The van der Waals surface area contributed by atoms with E-state index in [1.54, 1.807) is 24.3 Å². The molecule has 7 nitrogen and oxygen atoms in total. The van der Waals surface area contributed by atoms with Gasteiger partial charge in [0.1, 0.15) is 11.3 Å². The highest BCUT2D eigenvalue weighted by atomic mass is 35.5. The molecule has 2 aromatic rings. The summed E-state index contributed by atoms with van der Waals surface area (Å²) < 4.78 is 5.03. The molecule has 0 fully saturated rings. The molecule has 0 heterocycles. The first-order valence-corrected chi connectivity index (χ1v) is 9.07. The second-order valence-corrected chi connectivity index (χ2v) is 6.84. The predicted molar refractivity (Wildman–Crippen MR) is 105 cm³/mol. The van der Waals surface area contributed by atoms with Gasteiger partial charge >= 0.3 is 5.97 Å². The number of benzene rings is 2. The van der Waals surface area contributed by atoms with Gasteiger partial charge in [-0.2, -0.15) is 0 Å². The third-order valence-electron chi connectivity index (χ3n) is 3.34. The number of hydrogen-bond donors (Lipinski definition) is 3. The van der Waals surface area contributed by atoms with Crippen molar-refractivity contribution in [3.05, 3.63) is 47.0 Å². The minimum Gasteiger partial charge on any atom is -0.496 e. The quantitative estimate of drug-likeness (QED) is 0.603. The number of halogens is 1. The molecule has 0 saturated carbocycles. The standard InChI is InChI=1S/C18H17ClN2O5S/c1-10(22)20-11-3-5-12(6-4-11)27-9-17(23)21-15-8-16(26-2)13(18(24)25)7-14(15)19/h3-8H,9H2,1-2H3,(H,20,22)(H,21,23)(H,24,25). The fourth-order valence-electron chi connectivity index (χ4n) is 2.16. The van der Waals surface area contributed by atoms with Crippen LogP contribution in [0.1, 0.15) is 17.3 Å². The number of rotatable bonds is 7. The molecule has 0 aromatic heterocycles. The summed E-state index contributed by atoms with van der Waals surface area (Å²) >= 11 is 7.35. The lowest BCUT2D eigenvalue weighted by Gasteiger charge is -2.11. The van der Waals surface area contributed by atoms with E-state index < -0.39 is 5.97 Å². The van der Waals surface area contributed by atoms with Crippen LogP contribution in [-0.4, -0.2) is 35.8 Å². The van der Waals surface area contributed by atoms with Crippen molar-refractivity contribution in [2.24, 2.45) is 0 Å². The average Bonchev–Trinajstić information content (AvgIpc) is 2.62. The molecule has 2 aromatic carbocycles. The second-order valence-electron chi connectivity index (χ2n) is 5.38. The summed E-state index contributed by atoms with van der Waals surface area (Å²) in [6.45, 7) is 1.43. The van der Waals surface area contributed by atoms with Crippen LogP contribution in [0.4, 0.5) is 11.4 Å². The smallest absolute Gasteiger partial charge is 0.339 e. The van der Waals surface area contributed by atoms with Crippen molar-refractivity contribution >= 4 is 52.5 Å². The van der Waals surface area contributed by atoms with Crippen LogP contribution < -0.4 is 15.4 Å². The Kier molecular flexibility index (Phi) is 7.09. The van der Waals surface area contributed by atoms with E-state index in [1.807, 2.05) is 0 Å². The molecule has 2 rings (SSSR count). The highest BCUT2D eigenvalue weighted by molar-refractivity contribution is 8.00. The Morgan fingerprint density at radius 3 is 2.37 bits per heavy atom. The number of amides is 2. The molecule has 2 amide bonds. The molecular weight excluding hydrogens is 392 g/mol. The third-order valence-corrected chi connectivity index (χ3v) is 4.66. The molecule has 0 aliphatic heterocycles. The molecule has 0 atom stereocenters. The van der Waals surface area contributed by atoms with Crippen molar-refractivity contribution < 1.29 is 24.2 Å². The number of thioether (sulfide) groups is 1. The van der Waals surface area contributed by atoms with Crippen LogP contribution in [0.25, 0.3) is 0 Å². The summed E-state index contributed by atoms with van der Waals surface area (Å²) in [5.74, 6) is -1.42. The van der Waals surface area contributed by atoms with Crippen LogP contribution in [0, 0.1) is 0 Å². The Labute approximate surface area is 165 Å². The first-order valence-electron chi connectivity index (χ1n) is 7.71. The summed E-state index contributed by atoms with van der Waals surface area (Å²) in [7, 11) is 1.34. The van der Waals surface area contributed by atoms with Crippen molar-refractivity contribution in [1.29, 1.82) is 0 Å². The fraction of sp³-hybridized carbons (Fsp3) is 0.167. The largest absolute Gasteiger partial charge is 0.496 e. The van der Waals surface area contributed by atoms with Crippen LogP contribution in [0.3, 0.4) is 0 Å². The maximum absolute atomic E-state index is 12.2. The zero-order chi connectivity index (χ0) is 20.0. The molecule has 142 valence electrons. The van der Waals surface area contributed by atoms with Gasteiger partial charge in [0.2, 0.25) is 11.8 Å². The maximum Gasteiger partial charge on any atom is 0.339 e. The Balaban J connectivity index is 1.99. The lowest BCUT2D eigenvalue weighted by molar-refractivity contribution is -0.114. The molecule has 0 unspecified atom stereocenters.